The van der Waals surface area contributed by atoms with E-state index in [1.807, 2.05) is 32.2 Å². The van der Waals surface area contributed by atoms with Crippen LogP contribution in [-0.2, 0) is 0 Å². The van der Waals surface area contributed by atoms with Crippen molar-refractivity contribution in [1.82, 2.24) is 4.98 Å². The fourth-order valence-corrected chi connectivity index (χ4v) is 1.54. The third-order valence-electron chi connectivity index (χ3n) is 2.16. The van der Waals surface area contributed by atoms with Gasteiger partial charge in [-0.2, -0.15) is 0 Å². The van der Waals surface area contributed by atoms with E-state index in [1.165, 1.54) is 5.39 Å². The Kier molecular flexibility index (Phi) is 2.35. The number of benzene rings is 1. The smallest absolute Gasteiger partial charge is 0.128 e. The molecule has 0 N–H and O–H groups in total. The minimum Gasteiger partial charge on any atom is -0.493 e. The maximum Gasteiger partial charge on any atom is 0.128 e. The zero-order valence-electron chi connectivity index (χ0n) is 8.45. The zero-order chi connectivity index (χ0) is 9.97. The number of nitrogens with zero attached hydrogens (tertiary/aromatic N) is 1. The SMILES string of the molecule is CCOc1cccc2cc(C)ncc12. The highest BCUT2D eigenvalue weighted by atomic mass is 16.5. The van der Waals surface area contributed by atoms with Gasteiger partial charge in [0.25, 0.3) is 0 Å². The van der Waals surface area contributed by atoms with Gasteiger partial charge in [0.15, 0.2) is 0 Å². The van der Waals surface area contributed by atoms with Crippen LogP contribution >= 0.6 is 0 Å². The van der Waals surface area contributed by atoms with Gasteiger partial charge < -0.3 is 4.74 Å². The summed E-state index contributed by atoms with van der Waals surface area (Å²) in [4.78, 5) is 4.27. The third kappa shape index (κ3) is 1.55. The van der Waals surface area contributed by atoms with Crippen molar-refractivity contribution in [2.45, 2.75) is 13.8 Å². The summed E-state index contributed by atoms with van der Waals surface area (Å²) in [6, 6.07) is 8.12. The maximum atomic E-state index is 5.52. The van der Waals surface area contributed by atoms with Crippen LogP contribution in [0.2, 0.25) is 0 Å². The van der Waals surface area contributed by atoms with Gasteiger partial charge in [-0.1, -0.05) is 12.1 Å². The first-order chi connectivity index (χ1) is 6.81. The van der Waals surface area contributed by atoms with Gasteiger partial charge in [0.1, 0.15) is 5.75 Å². The van der Waals surface area contributed by atoms with Crippen molar-refractivity contribution in [2.75, 3.05) is 6.61 Å². The molecule has 14 heavy (non-hydrogen) atoms. The van der Waals surface area contributed by atoms with Crippen molar-refractivity contribution in [3.05, 3.63) is 36.2 Å². The Hall–Kier alpha value is -1.57. The number of rotatable bonds is 2. The Morgan fingerprint density at radius 3 is 3.00 bits per heavy atom. The van der Waals surface area contributed by atoms with E-state index in [4.69, 9.17) is 4.74 Å². The molecule has 0 aliphatic heterocycles. The summed E-state index contributed by atoms with van der Waals surface area (Å²) in [6.45, 7) is 4.67. The molecule has 72 valence electrons. The average molecular weight is 187 g/mol. The van der Waals surface area contributed by atoms with E-state index in [9.17, 15) is 0 Å². The molecule has 0 aliphatic carbocycles. The lowest BCUT2D eigenvalue weighted by atomic mass is 10.1. The first-order valence-electron chi connectivity index (χ1n) is 4.79. The zero-order valence-corrected chi connectivity index (χ0v) is 8.45. The highest BCUT2D eigenvalue weighted by Gasteiger charge is 2.01. The van der Waals surface area contributed by atoms with Crippen LogP contribution in [0.4, 0.5) is 0 Å². The van der Waals surface area contributed by atoms with Crippen LogP contribution in [0, 0.1) is 6.92 Å². The predicted octanol–water partition coefficient (Wildman–Crippen LogP) is 2.94. The van der Waals surface area contributed by atoms with Crippen LogP contribution in [0.3, 0.4) is 0 Å². The largest absolute Gasteiger partial charge is 0.493 e. The van der Waals surface area contributed by atoms with Crippen LogP contribution in [0.5, 0.6) is 5.75 Å². The minimum atomic E-state index is 0.687. The van der Waals surface area contributed by atoms with Crippen LogP contribution in [0.1, 0.15) is 12.6 Å². The molecule has 0 saturated heterocycles. The van der Waals surface area contributed by atoms with E-state index in [0.29, 0.717) is 6.61 Å². The average Bonchev–Trinajstić information content (AvgIpc) is 2.18. The van der Waals surface area contributed by atoms with Gasteiger partial charge in [0, 0.05) is 17.3 Å². The molecule has 0 unspecified atom stereocenters. The molecule has 0 fully saturated rings. The Bertz CT molecular complexity index is 451. The molecule has 2 aromatic rings. The molecule has 2 heteroatoms. The fourth-order valence-electron chi connectivity index (χ4n) is 1.54. The molecule has 0 saturated carbocycles. The van der Waals surface area contributed by atoms with Gasteiger partial charge >= 0.3 is 0 Å². The van der Waals surface area contributed by atoms with E-state index >= 15 is 0 Å². The predicted molar refractivity (Wildman–Crippen MR) is 57.6 cm³/mol. The first kappa shape index (κ1) is 9.00. The third-order valence-corrected chi connectivity index (χ3v) is 2.16. The van der Waals surface area contributed by atoms with E-state index in [2.05, 4.69) is 17.1 Å². The van der Waals surface area contributed by atoms with E-state index in [0.717, 1.165) is 16.8 Å². The van der Waals surface area contributed by atoms with Gasteiger partial charge in [-0.15, -0.1) is 0 Å². The molecule has 1 aromatic carbocycles. The molecule has 0 amide bonds. The topological polar surface area (TPSA) is 22.1 Å². The molecule has 1 aromatic heterocycles. The number of fused-ring (bicyclic) bond motifs is 1. The number of aromatic nitrogens is 1. The van der Waals surface area contributed by atoms with Gasteiger partial charge in [0.2, 0.25) is 0 Å². The molecule has 0 aliphatic rings. The normalized spacial score (nSPS) is 10.4. The second kappa shape index (κ2) is 3.66. The summed E-state index contributed by atoms with van der Waals surface area (Å²) in [5.74, 6) is 0.914. The van der Waals surface area contributed by atoms with E-state index in [1.54, 1.807) is 0 Å². The molecule has 2 nitrogen and oxygen atoms in total. The Morgan fingerprint density at radius 1 is 1.36 bits per heavy atom. The van der Waals surface area contributed by atoms with Crippen LogP contribution < -0.4 is 4.74 Å². The number of pyridine rings is 1. The summed E-state index contributed by atoms with van der Waals surface area (Å²) >= 11 is 0. The van der Waals surface area contributed by atoms with Crippen molar-refractivity contribution < 1.29 is 4.74 Å². The quantitative estimate of drug-likeness (QED) is 0.721. The van der Waals surface area contributed by atoms with Crippen molar-refractivity contribution in [3.8, 4) is 5.75 Å². The number of hydrogen-bond acceptors (Lipinski definition) is 2. The first-order valence-corrected chi connectivity index (χ1v) is 4.79. The standard InChI is InChI=1S/C12H13NO/c1-3-14-12-6-4-5-10-7-9(2)13-8-11(10)12/h4-8H,3H2,1-2H3. The number of hydrogen-bond donors (Lipinski definition) is 0. The Balaban J connectivity index is 2.62. The summed E-state index contributed by atoms with van der Waals surface area (Å²) in [7, 11) is 0. The summed E-state index contributed by atoms with van der Waals surface area (Å²) in [5, 5.41) is 2.27. The highest BCUT2D eigenvalue weighted by molar-refractivity contribution is 5.87. The fraction of sp³-hybridized carbons (Fsp3) is 0.250. The van der Waals surface area contributed by atoms with Crippen LogP contribution in [0.25, 0.3) is 10.8 Å². The molecule has 1 heterocycles. The summed E-state index contributed by atoms with van der Waals surface area (Å²) < 4.78 is 5.52. The van der Waals surface area contributed by atoms with Crippen molar-refractivity contribution >= 4 is 10.8 Å². The van der Waals surface area contributed by atoms with Gasteiger partial charge in [-0.25, -0.2) is 0 Å². The van der Waals surface area contributed by atoms with Crippen molar-refractivity contribution in [2.24, 2.45) is 0 Å². The van der Waals surface area contributed by atoms with Gasteiger partial charge in [-0.05, 0) is 31.4 Å². The molecule has 0 atom stereocenters. The van der Waals surface area contributed by atoms with E-state index in [-0.39, 0.29) is 0 Å². The van der Waals surface area contributed by atoms with Gasteiger partial charge in [-0.3, -0.25) is 4.98 Å². The second-order valence-corrected chi connectivity index (χ2v) is 3.24. The lowest BCUT2D eigenvalue weighted by Gasteiger charge is -2.06. The highest BCUT2D eigenvalue weighted by Crippen LogP contribution is 2.24. The molecule has 0 radical (unpaired) electrons. The summed E-state index contributed by atoms with van der Waals surface area (Å²) in [5.41, 5.74) is 1.03. The molecule has 2 rings (SSSR count). The van der Waals surface area contributed by atoms with E-state index < -0.39 is 0 Å². The Morgan fingerprint density at radius 2 is 2.21 bits per heavy atom. The minimum absolute atomic E-state index is 0.687. The number of aryl methyl sites for hydroxylation is 1. The maximum absolute atomic E-state index is 5.52. The Labute approximate surface area is 83.5 Å². The lowest BCUT2D eigenvalue weighted by molar-refractivity contribution is 0.344. The number of ether oxygens (including phenoxy) is 1. The monoisotopic (exact) mass is 187 g/mol. The van der Waals surface area contributed by atoms with Crippen LogP contribution in [-0.4, -0.2) is 11.6 Å². The molecule has 0 spiro atoms. The molecular weight excluding hydrogens is 174 g/mol. The lowest BCUT2D eigenvalue weighted by Crippen LogP contribution is -1.92. The molecule has 0 bridgehead atoms. The summed E-state index contributed by atoms with van der Waals surface area (Å²) in [6.07, 6.45) is 1.87. The van der Waals surface area contributed by atoms with Crippen LogP contribution in [0.15, 0.2) is 30.5 Å². The second-order valence-electron chi connectivity index (χ2n) is 3.24. The van der Waals surface area contributed by atoms with Crippen molar-refractivity contribution in [3.63, 3.8) is 0 Å². The molecular formula is C12H13NO. The van der Waals surface area contributed by atoms with Gasteiger partial charge in [0.05, 0.1) is 6.61 Å². The van der Waals surface area contributed by atoms with Crippen molar-refractivity contribution in [1.29, 1.82) is 0 Å².